The molecule has 0 unspecified atom stereocenters. The standard InChI is InChI=1S/C24H18ClN3O5/c1-13(29)33-17-10-4-14(5-11-17)22(30)21-20-19(18-3-2-12-26-28(18)21)23(31)27(24(20)32)16-8-6-15(25)7-9-16/h2-12,18-21H,1H3/t18-,19+,20+,21-/m0/s1. The molecular weight excluding hydrogens is 446 g/mol. The summed E-state index contributed by atoms with van der Waals surface area (Å²) in [5.74, 6) is -2.95. The molecule has 3 heterocycles. The number of carbonyl (C=O) groups excluding carboxylic acids is 4. The van der Waals surface area contributed by atoms with Crippen molar-refractivity contribution in [2.75, 3.05) is 4.90 Å². The molecule has 0 N–H and O–H groups in total. The quantitative estimate of drug-likeness (QED) is 0.299. The molecule has 33 heavy (non-hydrogen) atoms. The average Bonchev–Trinajstić information content (AvgIpc) is 3.27. The molecule has 166 valence electrons. The van der Waals surface area contributed by atoms with E-state index in [9.17, 15) is 19.2 Å². The first kappa shape index (κ1) is 21.1. The summed E-state index contributed by atoms with van der Waals surface area (Å²) < 4.78 is 5.02. The Morgan fingerprint density at radius 2 is 1.64 bits per heavy atom. The second-order valence-electron chi connectivity index (χ2n) is 7.99. The van der Waals surface area contributed by atoms with Crippen LogP contribution in [-0.4, -0.2) is 46.9 Å². The molecule has 2 aromatic rings. The molecule has 3 aliphatic rings. The van der Waals surface area contributed by atoms with Crippen LogP contribution in [-0.2, 0) is 14.4 Å². The minimum absolute atomic E-state index is 0.307. The number of halogens is 1. The van der Waals surface area contributed by atoms with E-state index in [1.54, 1.807) is 41.4 Å². The third kappa shape index (κ3) is 3.43. The molecule has 2 amide bonds. The highest BCUT2D eigenvalue weighted by Crippen LogP contribution is 2.46. The highest BCUT2D eigenvalue weighted by atomic mass is 35.5. The first-order valence-corrected chi connectivity index (χ1v) is 10.7. The van der Waals surface area contributed by atoms with Gasteiger partial charge in [-0.15, -0.1) is 0 Å². The van der Waals surface area contributed by atoms with Gasteiger partial charge in [0, 0.05) is 23.7 Å². The second-order valence-corrected chi connectivity index (χ2v) is 8.42. The zero-order valence-electron chi connectivity index (χ0n) is 17.4. The Labute approximate surface area is 194 Å². The van der Waals surface area contributed by atoms with E-state index in [2.05, 4.69) is 5.10 Å². The van der Waals surface area contributed by atoms with Gasteiger partial charge in [0.2, 0.25) is 11.8 Å². The summed E-state index contributed by atoms with van der Waals surface area (Å²) in [5, 5.41) is 6.36. The predicted octanol–water partition coefficient (Wildman–Crippen LogP) is 2.86. The van der Waals surface area contributed by atoms with Gasteiger partial charge in [-0.25, -0.2) is 4.90 Å². The number of Topliss-reactive ketones (excluding diaryl/α,β-unsaturated/α-hetero) is 1. The van der Waals surface area contributed by atoms with E-state index in [0.29, 0.717) is 22.0 Å². The molecule has 3 aliphatic heterocycles. The maximum atomic E-state index is 13.6. The third-order valence-corrected chi connectivity index (χ3v) is 6.30. The summed E-state index contributed by atoms with van der Waals surface area (Å²) in [7, 11) is 0. The van der Waals surface area contributed by atoms with Gasteiger partial charge < -0.3 is 4.74 Å². The monoisotopic (exact) mass is 463 g/mol. The van der Waals surface area contributed by atoms with E-state index in [0.717, 1.165) is 4.90 Å². The van der Waals surface area contributed by atoms with Crippen molar-refractivity contribution in [1.29, 1.82) is 0 Å². The Bertz CT molecular complexity index is 1220. The Kier molecular flexibility index (Phi) is 5.09. The number of hydrogen-bond donors (Lipinski definition) is 0. The summed E-state index contributed by atoms with van der Waals surface area (Å²) in [5.41, 5.74) is 0.737. The number of hydrogen-bond acceptors (Lipinski definition) is 7. The fourth-order valence-electron chi connectivity index (χ4n) is 4.71. The Morgan fingerprint density at radius 1 is 0.970 bits per heavy atom. The molecule has 0 aromatic heterocycles. The van der Waals surface area contributed by atoms with E-state index in [4.69, 9.17) is 16.3 Å². The van der Waals surface area contributed by atoms with Gasteiger partial charge in [0.05, 0.1) is 23.6 Å². The minimum Gasteiger partial charge on any atom is -0.427 e. The van der Waals surface area contributed by atoms with Gasteiger partial charge in [0.25, 0.3) is 0 Å². The average molecular weight is 464 g/mol. The number of benzene rings is 2. The van der Waals surface area contributed by atoms with Gasteiger partial charge in [0.15, 0.2) is 5.78 Å². The number of imide groups is 1. The number of carbonyl (C=O) groups is 4. The molecule has 2 aromatic carbocycles. The van der Waals surface area contributed by atoms with Crippen molar-refractivity contribution < 1.29 is 23.9 Å². The van der Waals surface area contributed by atoms with Gasteiger partial charge >= 0.3 is 5.97 Å². The van der Waals surface area contributed by atoms with Crippen molar-refractivity contribution in [2.24, 2.45) is 16.9 Å². The molecular formula is C24H18ClN3O5. The summed E-state index contributed by atoms with van der Waals surface area (Å²) in [6.07, 6.45) is 5.04. The third-order valence-electron chi connectivity index (χ3n) is 6.04. The van der Waals surface area contributed by atoms with Crippen LogP contribution in [0.25, 0.3) is 0 Å². The molecule has 8 nitrogen and oxygen atoms in total. The predicted molar refractivity (Wildman–Crippen MR) is 120 cm³/mol. The zero-order valence-corrected chi connectivity index (χ0v) is 18.2. The Hall–Kier alpha value is -3.78. The number of rotatable bonds is 4. The number of amides is 2. The van der Waals surface area contributed by atoms with Crippen molar-refractivity contribution in [3.8, 4) is 5.75 Å². The number of ketones is 1. The van der Waals surface area contributed by atoms with Gasteiger partial charge in [-0.05, 0) is 54.6 Å². The van der Waals surface area contributed by atoms with Gasteiger partial charge in [-0.3, -0.25) is 24.2 Å². The number of hydrazone groups is 1. The summed E-state index contributed by atoms with van der Waals surface area (Å²) in [6.45, 7) is 1.29. The summed E-state index contributed by atoms with van der Waals surface area (Å²) in [4.78, 5) is 52.8. The number of ether oxygens (including phenoxy) is 1. The summed E-state index contributed by atoms with van der Waals surface area (Å²) >= 11 is 5.96. The van der Waals surface area contributed by atoms with Crippen LogP contribution in [0.1, 0.15) is 17.3 Å². The van der Waals surface area contributed by atoms with Crippen LogP contribution in [0.5, 0.6) is 5.75 Å². The molecule has 0 bridgehead atoms. The number of nitrogens with zero attached hydrogens (tertiary/aromatic N) is 3. The van der Waals surface area contributed by atoms with Crippen LogP contribution in [0.4, 0.5) is 5.69 Å². The van der Waals surface area contributed by atoms with E-state index >= 15 is 0 Å². The van der Waals surface area contributed by atoms with Crippen molar-refractivity contribution in [2.45, 2.75) is 19.0 Å². The summed E-state index contributed by atoms with van der Waals surface area (Å²) in [6, 6.07) is 11.1. The maximum Gasteiger partial charge on any atom is 0.308 e. The second kappa shape index (κ2) is 7.97. The van der Waals surface area contributed by atoms with E-state index in [1.807, 2.05) is 0 Å². The van der Waals surface area contributed by atoms with Crippen LogP contribution >= 0.6 is 11.6 Å². The lowest BCUT2D eigenvalue weighted by Gasteiger charge is -2.30. The maximum absolute atomic E-state index is 13.6. The molecule has 0 aliphatic carbocycles. The lowest BCUT2D eigenvalue weighted by atomic mass is 9.86. The normalized spacial score (nSPS) is 25.3. The number of allylic oxidation sites excluding steroid dienone is 1. The molecule has 0 radical (unpaired) electrons. The van der Waals surface area contributed by atoms with Crippen LogP contribution < -0.4 is 9.64 Å². The molecule has 0 spiro atoms. The van der Waals surface area contributed by atoms with Crippen molar-refractivity contribution in [3.05, 3.63) is 71.3 Å². The largest absolute Gasteiger partial charge is 0.427 e. The van der Waals surface area contributed by atoms with Crippen LogP contribution in [0.2, 0.25) is 5.02 Å². The zero-order chi connectivity index (χ0) is 23.3. The topological polar surface area (TPSA) is 96.3 Å². The molecule has 4 atom stereocenters. The fraction of sp³-hybridized carbons (Fsp3) is 0.208. The molecule has 2 saturated heterocycles. The molecule has 5 rings (SSSR count). The highest BCUT2D eigenvalue weighted by Gasteiger charge is 2.64. The first-order chi connectivity index (χ1) is 15.9. The number of fused-ring (bicyclic) bond motifs is 3. The van der Waals surface area contributed by atoms with E-state index in [1.165, 1.54) is 37.4 Å². The Morgan fingerprint density at radius 3 is 2.30 bits per heavy atom. The van der Waals surface area contributed by atoms with Crippen LogP contribution in [0.15, 0.2) is 65.8 Å². The van der Waals surface area contributed by atoms with E-state index < -0.39 is 35.8 Å². The van der Waals surface area contributed by atoms with Crippen molar-refractivity contribution in [1.82, 2.24) is 5.01 Å². The highest BCUT2D eigenvalue weighted by molar-refractivity contribution is 6.31. The van der Waals surface area contributed by atoms with Gasteiger partial charge in [-0.2, -0.15) is 5.10 Å². The van der Waals surface area contributed by atoms with Gasteiger partial charge in [0.1, 0.15) is 11.8 Å². The van der Waals surface area contributed by atoms with Crippen molar-refractivity contribution in [3.63, 3.8) is 0 Å². The molecule has 0 saturated carbocycles. The van der Waals surface area contributed by atoms with Crippen LogP contribution in [0.3, 0.4) is 0 Å². The minimum atomic E-state index is -0.950. The Balaban J connectivity index is 1.51. The molecule has 9 heteroatoms. The first-order valence-electron chi connectivity index (χ1n) is 10.3. The molecule has 2 fully saturated rings. The lowest BCUT2D eigenvalue weighted by Crippen LogP contribution is -2.46. The van der Waals surface area contributed by atoms with Crippen molar-refractivity contribution >= 4 is 47.1 Å². The smallest absolute Gasteiger partial charge is 0.308 e. The number of esters is 1. The van der Waals surface area contributed by atoms with Crippen LogP contribution in [0, 0.1) is 11.8 Å². The fourth-order valence-corrected chi connectivity index (χ4v) is 4.83. The van der Waals surface area contributed by atoms with E-state index in [-0.39, 0.29) is 11.7 Å². The lowest BCUT2D eigenvalue weighted by molar-refractivity contribution is -0.132. The number of anilines is 1. The van der Waals surface area contributed by atoms with Gasteiger partial charge in [-0.1, -0.05) is 17.7 Å². The SMILES string of the molecule is CC(=O)Oc1ccc(C(=O)[C@@H]2[C@@H]3C(=O)N(c4ccc(Cl)cc4)C(=O)[C@@H]3[C@@H]3C=CC=NN23)cc1.